The van der Waals surface area contributed by atoms with Crippen LogP contribution in [0.5, 0.6) is 0 Å². The number of likely N-dealkylation sites (N-methyl/N-ethyl adjacent to an activating group) is 1. The van der Waals surface area contributed by atoms with E-state index in [1.165, 1.54) is 0 Å². The second-order valence-corrected chi connectivity index (χ2v) is 4.65. The van der Waals surface area contributed by atoms with E-state index in [0.717, 1.165) is 15.5 Å². The molecule has 1 heterocycles. The first kappa shape index (κ1) is 11.3. The van der Waals surface area contributed by atoms with E-state index in [-0.39, 0.29) is 12.5 Å². The van der Waals surface area contributed by atoms with Crippen molar-refractivity contribution in [2.75, 3.05) is 7.05 Å². The zero-order valence-corrected chi connectivity index (χ0v) is 11.0. The summed E-state index contributed by atoms with van der Waals surface area (Å²) < 4.78 is 3.30. The van der Waals surface area contributed by atoms with Gasteiger partial charge >= 0.3 is 0 Å². The molecule has 0 spiro atoms. The maximum absolute atomic E-state index is 11.3. The molecular formula is C10H10BrN3OS. The van der Waals surface area contributed by atoms with Gasteiger partial charge in [0.2, 0.25) is 5.91 Å². The van der Waals surface area contributed by atoms with Crippen LogP contribution in [0.2, 0.25) is 0 Å². The predicted molar refractivity (Wildman–Crippen MR) is 68.9 cm³/mol. The van der Waals surface area contributed by atoms with E-state index in [4.69, 9.17) is 12.2 Å². The van der Waals surface area contributed by atoms with E-state index < -0.39 is 0 Å². The lowest BCUT2D eigenvalue weighted by Gasteiger charge is -2.02. The third-order valence-electron chi connectivity index (χ3n) is 2.32. The Morgan fingerprint density at radius 3 is 3.06 bits per heavy atom. The highest BCUT2D eigenvalue weighted by atomic mass is 79.9. The first-order valence-electron chi connectivity index (χ1n) is 4.70. The number of carbonyl (C=O) groups is 1. The number of imidazole rings is 1. The summed E-state index contributed by atoms with van der Waals surface area (Å²) in [7, 11) is 1.61. The number of H-pyrrole nitrogens is 1. The third-order valence-corrected chi connectivity index (χ3v) is 3.13. The molecule has 2 aromatic rings. The van der Waals surface area contributed by atoms with Gasteiger partial charge in [0.25, 0.3) is 0 Å². The summed E-state index contributed by atoms with van der Waals surface area (Å²) in [6.45, 7) is 0.233. The topological polar surface area (TPSA) is 49.8 Å². The molecule has 2 N–H and O–H groups in total. The van der Waals surface area contributed by atoms with Crippen molar-refractivity contribution in [2.45, 2.75) is 6.54 Å². The standard InChI is InChI=1S/C10H10BrN3OS/c1-12-9(15)5-14-8-3-2-6(11)4-7(8)13-10(14)16/h2-4H,5H2,1H3,(H,12,15)(H,13,16). The minimum absolute atomic E-state index is 0.0695. The Morgan fingerprint density at radius 1 is 1.62 bits per heavy atom. The van der Waals surface area contributed by atoms with Crippen molar-refractivity contribution in [2.24, 2.45) is 0 Å². The Bertz CT molecular complexity index is 602. The number of benzene rings is 1. The minimum Gasteiger partial charge on any atom is -0.358 e. The van der Waals surface area contributed by atoms with E-state index in [1.54, 1.807) is 11.6 Å². The Hall–Kier alpha value is -1.14. The van der Waals surface area contributed by atoms with Gasteiger partial charge in [-0.1, -0.05) is 15.9 Å². The zero-order valence-electron chi connectivity index (χ0n) is 8.58. The number of nitrogens with one attached hydrogen (secondary N) is 2. The fraction of sp³-hybridized carbons (Fsp3) is 0.200. The molecule has 6 heteroatoms. The molecule has 1 amide bonds. The maximum atomic E-state index is 11.3. The number of fused-ring (bicyclic) bond motifs is 1. The lowest BCUT2D eigenvalue weighted by Crippen LogP contribution is -2.23. The Labute approximate surface area is 106 Å². The number of aromatic amines is 1. The quantitative estimate of drug-likeness (QED) is 0.836. The van der Waals surface area contributed by atoms with Gasteiger partial charge in [-0.25, -0.2) is 0 Å². The molecule has 1 aromatic heterocycles. The second-order valence-electron chi connectivity index (χ2n) is 3.35. The van der Waals surface area contributed by atoms with Crippen LogP contribution in [0.25, 0.3) is 11.0 Å². The fourth-order valence-corrected chi connectivity index (χ4v) is 2.15. The molecule has 1 aromatic carbocycles. The molecule has 0 aliphatic heterocycles. The van der Waals surface area contributed by atoms with Crippen LogP contribution in [0.1, 0.15) is 0 Å². The molecule has 0 aliphatic rings. The number of aromatic nitrogens is 2. The molecule has 16 heavy (non-hydrogen) atoms. The van der Waals surface area contributed by atoms with Crippen molar-refractivity contribution in [3.05, 3.63) is 27.4 Å². The van der Waals surface area contributed by atoms with E-state index >= 15 is 0 Å². The van der Waals surface area contributed by atoms with Crippen LogP contribution in [0.15, 0.2) is 22.7 Å². The first-order valence-corrected chi connectivity index (χ1v) is 5.90. The normalized spacial score (nSPS) is 10.6. The molecule has 0 saturated carbocycles. The Morgan fingerprint density at radius 2 is 2.38 bits per heavy atom. The summed E-state index contributed by atoms with van der Waals surface area (Å²) in [5.74, 6) is -0.0695. The summed E-state index contributed by atoms with van der Waals surface area (Å²) in [4.78, 5) is 14.4. The van der Waals surface area contributed by atoms with Crippen molar-refractivity contribution in [3.63, 3.8) is 0 Å². The molecule has 0 aliphatic carbocycles. The van der Waals surface area contributed by atoms with E-state index in [2.05, 4.69) is 26.2 Å². The monoisotopic (exact) mass is 299 g/mol. The number of hydrogen-bond acceptors (Lipinski definition) is 2. The van der Waals surface area contributed by atoms with Crippen LogP contribution in [0.3, 0.4) is 0 Å². The molecule has 84 valence electrons. The Balaban J connectivity index is 2.56. The van der Waals surface area contributed by atoms with Crippen molar-refractivity contribution in [1.82, 2.24) is 14.9 Å². The number of rotatable bonds is 2. The second kappa shape index (κ2) is 4.39. The largest absolute Gasteiger partial charge is 0.358 e. The summed E-state index contributed by atoms with van der Waals surface area (Å²) in [6.07, 6.45) is 0. The smallest absolute Gasteiger partial charge is 0.239 e. The molecule has 0 atom stereocenters. The lowest BCUT2D eigenvalue weighted by atomic mass is 10.3. The van der Waals surface area contributed by atoms with Crippen LogP contribution >= 0.6 is 28.1 Å². The average Bonchev–Trinajstić information content (AvgIpc) is 2.54. The Kier molecular flexibility index (Phi) is 3.11. The molecule has 0 saturated heterocycles. The summed E-state index contributed by atoms with van der Waals surface area (Å²) >= 11 is 8.56. The van der Waals surface area contributed by atoms with Gasteiger partial charge in [-0.15, -0.1) is 0 Å². The number of amides is 1. The summed E-state index contributed by atoms with van der Waals surface area (Å²) in [6, 6.07) is 5.78. The van der Waals surface area contributed by atoms with Crippen molar-refractivity contribution in [3.8, 4) is 0 Å². The number of hydrogen-bond donors (Lipinski definition) is 2. The lowest BCUT2D eigenvalue weighted by molar-refractivity contribution is -0.121. The molecule has 0 bridgehead atoms. The SMILES string of the molecule is CNC(=O)Cn1c(=S)[nH]c2cc(Br)ccc21. The van der Waals surface area contributed by atoms with E-state index in [1.807, 2.05) is 18.2 Å². The van der Waals surface area contributed by atoms with E-state index in [0.29, 0.717) is 4.77 Å². The van der Waals surface area contributed by atoms with Crippen LogP contribution in [-0.2, 0) is 11.3 Å². The minimum atomic E-state index is -0.0695. The highest BCUT2D eigenvalue weighted by Crippen LogP contribution is 2.19. The number of carbonyl (C=O) groups excluding carboxylic acids is 1. The number of nitrogens with zero attached hydrogens (tertiary/aromatic N) is 1. The predicted octanol–water partition coefficient (Wildman–Crippen LogP) is 2.21. The molecule has 0 unspecified atom stereocenters. The van der Waals surface area contributed by atoms with E-state index in [9.17, 15) is 4.79 Å². The summed E-state index contributed by atoms with van der Waals surface area (Å²) in [5.41, 5.74) is 1.85. The fourth-order valence-electron chi connectivity index (χ4n) is 1.52. The van der Waals surface area contributed by atoms with Crippen molar-refractivity contribution < 1.29 is 4.79 Å². The zero-order chi connectivity index (χ0) is 11.7. The highest BCUT2D eigenvalue weighted by molar-refractivity contribution is 9.10. The van der Waals surface area contributed by atoms with Crippen LogP contribution in [0.4, 0.5) is 0 Å². The summed E-state index contributed by atoms with van der Waals surface area (Å²) in [5, 5.41) is 2.58. The van der Waals surface area contributed by atoms with Crippen molar-refractivity contribution >= 4 is 45.1 Å². The van der Waals surface area contributed by atoms with Crippen LogP contribution < -0.4 is 5.32 Å². The van der Waals surface area contributed by atoms with Gasteiger partial charge in [0.1, 0.15) is 6.54 Å². The van der Waals surface area contributed by atoms with Gasteiger partial charge in [-0.05, 0) is 30.4 Å². The van der Waals surface area contributed by atoms with Crippen molar-refractivity contribution in [1.29, 1.82) is 0 Å². The highest BCUT2D eigenvalue weighted by Gasteiger charge is 2.07. The third kappa shape index (κ3) is 2.03. The molecular weight excluding hydrogens is 290 g/mol. The van der Waals surface area contributed by atoms with Crippen LogP contribution in [0, 0.1) is 4.77 Å². The molecule has 2 rings (SSSR count). The van der Waals surface area contributed by atoms with Gasteiger partial charge in [0.05, 0.1) is 11.0 Å². The van der Waals surface area contributed by atoms with Gasteiger partial charge < -0.3 is 14.9 Å². The number of halogens is 1. The molecule has 0 fully saturated rings. The maximum Gasteiger partial charge on any atom is 0.239 e. The van der Waals surface area contributed by atoms with Gasteiger partial charge in [-0.2, -0.15) is 0 Å². The first-order chi connectivity index (χ1) is 7.61. The molecule has 0 radical (unpaired) electrons. The van der Waals surface area contributed by atoms with Gasteiger partial charge in [0.15, 0.2) is 4.77 Å². The average molecular weight is 300 g/mol. The van der Waals surface area contributed by atoms with Gasteiger partial charge in [-0.3, -0.25) is 4.79 Å². The van der Waals surface area contributed by atoms with Crippen LogP contribution in [-0.4, -0.2) is 22.5 Å². The molecule has 4 nitrogen and oxygen atoms in total. The van der Waals surface area contributed by atoms with Gasteiger partial charge in [0, 0.05) is 11.5 Å².